The van der Waals surface area contributed by atoms with E-state index in [1.807, 2.05) is 35.0 Å². The van der Waals surface area contributed by atoms with Crippen molar-refractivity contribution in [3.05, 3.63) is 36.3 Å². The summed E-state index contributed by atoms with van der Waals surface area (Å²) < 4.78 is 2.02. The van der Waals surface area contributed by atoms with Crippen LogP contribution in [0.2, 0.25) is 0 Å². The Hall–Kier alpha value is -1.29. The molecule has 2 aromatic rings. The molecule has 0 saturated carbocycles. The van der Waals surface area contributed by atoms with E-state index < -0.39 is 0 Å². The number of fused-ring (bicyclic) bond motifs is 1. The van der Waals surface area contributed by atoms with Crippen LogP contribution in [0.1, 0.15) is 5.69 Å². The number of aliphatic imine (C=N–C) groups is 1. The van der Waals surface area contributed by atoms with E-state index in [4.69, 9.17) is 0 Å². The third-order valence-electron chi connectivity index (χ3n) is 2.17. The summed E-state index contributed by atoms with van der Waals surface area (Å²) >= 11 is 1.78. The van der Waals surface area contributed by atoms with Gasteiger partial charge >= 0.3 is 0 Å². The van der Waals surface area contributed by atoms with Gasteiger partial charge in [0.2, 0.25) is 0 Å². The maximum Gasteiger partial charge on any atom is 0.137 e. The zero-order chi connectivity index (χ0) is 9.38. The molecular formula is C10H9N3S. The van der Waals surface area contributed by atoms with Gasteiger partial charge in [0, 0.05) is 24.7 Å². The molecule has 0 unspecified atom stereocenters. The van der Waals surface area contributed by atoms with Gasteiger partial charge in [-0.3, -0.25) is 4.99 Å². The molecule has 4 heteroatoms. The molecule has 2 aromatic heterocycles. The lowest BCUT2D eigenvalue weighted by atomic mass is 10.5. The van der Waals surface area contributed by atoms with E-state index in [1.54, 1.807) is 11.8 Å². The van der Waals surface area contributed by atoms with Gasteiger partial charge in [-0.05, 0) is 12.1 Å². The molecule has 0 saturated heterocycles. The molecule has 3 rings (SSSR count). The predicted octanol–water partition coefficient (Wildman–Crippen LogP) is 1.83. The molecule has 1 aliphatic rings. The van der Waals surface area contributed by atoms with Crippen LogP contribution in [0.25, 0.3) is 5.65 Å². The van der Waals surface area contributed by atoms with E-state index in [0.717, 1.165) is 28.7 Å². The molecule has 3 heterocycles. The molecule has 14 heavy (non-hydrogen) atoms. The van der Waals surface area contributed by atoms with Crippen LogP contribution in [-0.4, -0.2) is 26.7 Å². The third-order valence-corrected chi connectivity index (χ3v) is 3.17. The highest BCUT2D eigenvalue weighted by Crippen LogP contribution is 2.18. The fourth-order valence-electron chi connectivity index (χ4n) is 1.53. The second kappa shape index (κ2) is 3.13. The number of rotatable bonds is 1. The molecular weight excluding hydrogens is 194 g/mol. The Balaban J connectivity index is 2.14. The summed E-state index contributed by atoms with van der Waals surface area (Å²) in [4.78, 5) is 8.91. The van der Waals surface area contributed by atoms with Crippen LogP contribution in [0, 0.1) is 0 Å². The summed E-state index contributed by atoms with van der Waals surface area (Å²) in [5.41, 5.74) is 1.98. The highest BCUT2D eigenvalue weighted by molar-refractivity contribution is 8.14. The van der Waals surface area contributed by atoms with Crippen LogP contribution in [-0.2, 0) is 0 Å². The van der Waals surface area contributed by atoms with Gasteiger partial charge in [-0.2, -0.15) is 0 Å². The molecule has 3 nitrogen and oxygen atoms in total. The lowest BCUT2D eigenvalue weighted by Gasteiger charge is -1.89. The van der Waals surface area contributed by atoms with E-state index in [1.165, 1.54) is 0 Å². The van der Waals surface area contributed by atoms with Crippen LogP contribution in [0.15, 0.2) is 35.6 Å². The van der Waals surface area contributed by atoms with Crippen molar-refractivity contribution in [1.29, 1.82) is 0 Å². The Morgan fingerprint density at radius 2 is 2.36 bits per heavy atom. The van der Waals surface area contributed by atoms with Crippen LogP contribution < -0.4 is 0 Å². The van der Waals surface area contributed by atoms with E-state index in [9.17, 15) is 0 Å². The normalized spacial score (nSPS) is 16.1. The molecule has 70 valence electrons. The summed E-state index contributed by atoms with van der Waals surface area (Å²) in [6.45, 7) is 0.924. The van der Waals surface area contributed by atoms with Gasteiger partial charge in [-0.15, -0.1) is 11.8 Å². The van der Waals surface area contributed by atoms with Crippen molar-refractivity contribution in [3.63, 3.8) is 0 Å². The summed E-state index contributed by atoms with van der Waals surface area (Å²) in [6.07, 6.45) is 4.04. The second-order valence-electron chi connectivity index (χ2n) is 3.13. The zero-order valence-corrected chi connectivity index (χ0v) is 8.37. The van der Waals surface area contributed by atoms with E-state index in [2.05, 4.69) is 9.98 Å². The highest BCUT2D eigenvalue weighted by atomic mass is 32.2. The quantitative estimate of drug-likeness (QED) is 0.707. The molecule has 0 fully saturated rings. The Kier molecular flexibility index (Phi) is 1.80. The first kappa shape index (κ1) is 8.05. The minimum atomic E-state index is 0.924. The predicted molar refractivity (Wildman–Crippen MR) is 59.1 cm³/mol. The Labute approximate surface area is 85.9 Å². The largest absolute Gasteiger partial charge is 0.306 e. The van der Waals surface area contributed by atoms with Crippen LogP contribution in [0.3, 0.4) is 0 Å². The van der Waals surface area contributed by atoms with Crippen molar-refractivity contribution >= 4 is 22.5 Å². The number of hydrogen-bond donors (Lipinski definition) is 0. The van der Waals surface area contributed by atoms with Gasteiger partial charge in [0.15, 0.2) is 0 Å². The SMILES string of the molecule is c1ccn2cc(C3=NCCS3)nc2c1. The number of hydrogen-bond acceptors (Lipinski definition) is 3. The van der Waals surface area contributed by atoms with Crippen molar-refractivity contribution in [1.82, 2.24) is 9.38 Å². The Morgan fingerprint density at radius 3 is 3.14 bits per heavy atom. The molecule has 0 spiro atoms. The van der Waals surface area contributed by atoms with Crippen molar-refractivity contribution in [3.8, 4) is 0 Å². The smallest absolute Gasteiger partial charge is 0.137 e. The number of thioether (sulfide) groups is 1. The molecule has 1 aliphatic heterocycles. The minimum absolute atomic E-state index is 0.924. The van der Waals surface area contributed by atoms with Gasteiger partial charge < -0.3 is 4.40 Å². The van der Waals surface area contributed by atoms with Gasteiger partial charge in [0.25, 0.3) is 0 Å². The van der Waals surface area contributed by atoms with Crippen LogP contribution in [0.5, 0.6) is 0 Å². The average Bonchev–Trinajstić information content (AvgIpc) is 2.86. The number of pyridine rings is 1. The fourth-order valence-corrected chi connectivity index (χ4v) is 2.33. The van der Waals surface area contributed by atoms with E-state index in [-0.39, 0.29) is 0 Å². The lowest BCUT2D eigenvalue weighted by molar-refractivity contribution is 1.17. The van der Waals surface area contributed by atoms with E-state index >= 15 is 0 Å². The zero-order valence-electron chi connectivity index (χ0n) is 7.55. The molecule has 0 bridgehead atoms. The fraction of sp³-hybridized carbons (Fsp3) is 0.200. The molecule has 0 amide bonds. The standard InChI is InChI=1S/C10H9N3S/c1-2-5-13-7-8(12-9(13)3-1)10-11-4-6-14-10/h1-3,5,7H,4,6H2. The van der Waals surface area contributed by atoms with E-state index in [0.29, 0.717) is 0 Å². The summed E-state index contributed by atoms with van der Waals surface area (Å²) in [6, 6.07) is 6.00. The lowest BCUT2D eigenvalue weighted by Crippen LogP contribution is -1.90. The minimum Gasteiger partial charge on any atom is -0.306 e. The maximum absolute atomic E-state index is 4.51. The molecule has 0 aliphatic carbocycles. The number of nitrogens with zero attached hydrogens (tertiary/aromatic N) is 3. The van der Waals surface area contributed by atoms with Crippen molar-refractivity contribution in [2.45, 2.75) is 0 Å². The molecule has 0 N–H and O–H groups in total. The Morgan fingerprint density at radius 1 is 1.36 bits per heavy atom. The van der Waals surface area contributed by atoms with Crippen LogP contribution >= 0.6 is 11.8 Å². The number of aromatic nitrogens is 2. The molecule has 0 aromatic carbocycles. The van der Waals surface area contributed by atoms with Gasteiger partial charge in [0.1, 0.15) is 16.4 Å². The number of imidazole rings is 1. The first-order chi connectivity index (χ1) is 6.93. The third kappa shape index (κ3) is 1.23. The Bertz CT molecular complexity index is 468. The first-order valence-electron chi connectivity index (χ1n) is 4.55. The molecule has 0 atom stereocenters. The first-order valence-corrected chi connectivity index (χ1v) is 5.53. The summed E-state index contributed by atoms with van der Waals surface area (Å²) in [5, 5.41) is 1.08. The van der Waals surface area contributed by atoms with Gasteiger partial charge in [-0.25, -0.2) is 4.98 Å². The van der Waals surface area contributed by atoms with Crippen LogP contribution in [0.4, 0.5) is 0 Å². The summed E-state index contributed by atoms with van der Waals surface area (Å²) in [5.74, 6) is 1.09. The van der Waals surface area contributed by atoms with Crippen molar-refractivity contribution in [2.24, 2.45) is 4.99 Å². The average molecular weight is 203 g/mol. The second-order valence-corrected chi connectivity index (χ2v) is 4.21. The monoisotopic (exact) mass is 203 g/mol. The summed E-state index contributed by atoms with van der Waals surface area (Å²) in [7, 11) is 0. The van der Waals surface area contributed by atoms with Crippen molar-refractivity contribution in [2.75, 3.05) is 12.3 Å². The molecule has 0 radical (unpaired) electrons. The van der Waals surface area contributed by atoms with Crippen molar-refractivity contribution < 1.29 is 0 Å². The highest BCUT2D eigenvalue weighted by Gasteiger charge is 2.12. The maximum atomic E-state index is 4.51. The topological polar surface area (TPSA) is 29.7 Å². The van der Waals surface area contributed by atoms with Gasteiger partial charge in [-0.1, -0.05) is 6.07 Å². The van der Waals surface area contributed by atoms with Gasteiger partial charge in [0.05, 0.1) is 0 Å².